The standard InChI is InChI=1S/C21H30N4O/c1-26-21-8-7-18(14-19(21)16-25-13-5-9-22-25)15-23-10-4-6-20(17-23)24-11-2-3-12-24/h5,7-9,13-14,20H,2-4,6,10-12,15-17H2,1H3. The van der Waals surface area contributed by atoms with E-state index < -0.39 is 0 Å². The first-order chi connectivity index (χ1) is 12.8. The number of methoxy groups -OCH3 is 1. The molecule has 2 aliphatic heterocycles. The first-order valence-corrected chi connectivity index (χ1v) is 9.91. The molecule has 0 amide bonds. The zero-order chi connectivity index (χ0) is 17.8. The second-order valence-electron chi connectivity index (χ2n) is 7.62. The maximum absolute atomic E-state index is 5.56. The zero-order valence-corrected chi connectivity index (χ0v) is 15.8. The second kappa shape index (κ2) is 8.23. The van der Waals surface area contributed by atoms with Crippen molar-refractivity contribution >= 4 is 0 Å². The highest BCUT2D eigenvalue weighted by Gasteiger charge is 2.27. The molecule has 1 aromatic carbocycles. The average Bonchev–Trinajstić information content (AvgIpc) is 3.36. The number of aromatic nitrogens is 2. The molecule has 140 valence electrons. The lowest BCUT2D eigenvalue weighted by atomic mass is 10.0. The van der Waals surface area contributed by atoms with E-state index in [4.69, 9.17) is 4.74 Å². The lowest BCUT2D eigenvalue weighted by Crippen LogP contribution is -2.46. The van der Waals surface area contributed by atoms with E-state index in [2.05, 4.69) is 33.1 Å². The Bertz CT molecular complexity index is 694. The summed E-state index contributed by atoms with van der Waals surface area (Å²) in [5.74, 6) is 0.942. The molecule has 0 bridgehead atoms. The summed E-state index contributed by atoms with van der Waals surface area (Å²) in [6, 6.07) is 9.33. The van der Waals surface area contributed by atoms with Gasteiger partial charge in [0.15, 0.2) is 0 Å². The number of nitrogens with zero attached hydrogens (tertiary/aromatic N) is 4. The molecule has 0 radical (unpaired) electrons. The van der Waals surface area contributed by atoms with E-state index in [9.17, 15) is 0 Å². The summed E-state index contributed by atoms with van der Waals surface area (Å²) in [5.41, 5.74) is 2.57. The Morgan fingerprint density at radius 1 is 1.12 bits per heavy atom. The van der Waals surface area contributed by atoms with Crippen LogP contribution < -0.4 is 4.74 Å². The van der Waals surface area contributed by atoms with Crippen molar-refractivity contribution in [2.45, 2.75) is 44.8 Å². The predicted molar refractivity (Wildman–Crippen MR) is 103 cm³/mol. The maximum atomic E-state index is 5.56. The van der Waals surface area contributed by atoms with Gasteiger partial charge in [0.2, 0.25) is 0 Å². The minimum atomic E-state index is 0.750. The number of hydrogen-bond donors (Lipinski definition) is 0. The van der Waals surface area contributed by atoms with Gasteiger partial charge in [-0.15, -0.1) is 0 Å². The summed E-state index contributed by atoms with van der Waals surface area (Å²) in [6.07, 6.45) is 9.26. The van der Waals surface area contributed by atoms with Crippen LogP contribution in [0.3, 0.4) is 0 Å². The van der Waals surface area contributed by atoms with E-state index in [-0.39, 0.29) is 0 Å². The molecular formula is C21H30N4O. The topological polar surface area (TPSA) is 33.5 Å². The van der Waals surface area contributed by atoms with Crippen LogP contribution in [0.1, 0.15) is 36.8 Å². The summed E-state index contributed by atoms with van der Waals surface area (Å²) in [4.78, 5) is 5.34. The molecule has 0 aliphatic carbocycles. The van der Waals surface area contributed by atoms with Crippen LogP contribution in [0.2, 0.25) is 0 Å². The Morgan fingerprint density at radius 3 is 2.77 bits per heavy atom. The third-order valence-corrected chi connectivity index (χ3v) is 5.78. The minimum absolute atomic E-state index is 0.750. The molecule has 2 aliphatic rings. The summed E-state index contributed by atoms with van der Waals surface area (Å²) in [6.45, 7) is 6.80. The van der Waals surface area contributed by atoms with Gasteiger partial charge < -0.3 is 4.74 Å². The molecule has 26 heavy (non-hydrogen) atoms. The number of hydrogen-bond acceptors (Lipinski definition) is 4. The monoisotopic (exact) mass is 354 g/mol. The van der Waals surface area contributed by atoms with E-state index >= 15 is 0 Å². The van der Waals surface area contributed by atoms with Crippen LogP contribution in [-0.4, -0.2) is 58.9 Å². The number of ether oxygens (including phenoxy) is 1. The van der Waals surface area contributed by atoms with E-state index in [1.165, 1.54) is 63.0 Å². The third-order valence-electron chi connectivity index (χ3n) is 5.78. The van der Waals surface area contributed by atoms with E-state index in [1.807, 2.05) is 23.1 Å². The molecule has 0 spiro atoms. The Hall–Kier alpha value is -1.85. The van der Waals surface area contributed by atoms with Crippen molar-refractivity contribution in [2.24, 2.45) is 0 Å². The van der Waals surface area contributed by atoms with Crippen molar-refractivity contribution in [1.29, 1.82) is 0 Å². The number of rotatable bonds is 6. The van der Waals surface area contributed by atoms with Gasteiger partial charge in [-0.1, -0.05) is 6.07 Å². The molecule has 0 N–H and O–H groups in total. The molecule has 1 unspecified atom stereocenters. The van der Waals surface area contributed by atoms with Crippen molar-refractivity contribution in [3.63, 3.8) is 0 Å². The summed E-state index contributed by atoms with van der Waals surface area (Å²) in [7, 11) is 1.74. The van der Waals surface area contributed by atoms with Crippen molar-refractivity contribution in [3.05, 3.63) is 47.8 Å². The Labute approximate surface area is 156 Å². The number of benzene rings is 1. The maximum Gasteiger partial charge on any atom is 0.123 e. The van der Waals surface area contributed by atoms with Crippen LogP contribution in [0, 0.1) is 0 Å². The van der Waals surface area contributed by atoms with Crippen LogP contribution >= 0.6 is 0 Å². The highest BCUT2D eigenvalue weighted by molar-refractivity contribution is 5.37. The van der Waals surface area contributed by atoms with Crippen LogP contribution in [0.4, 0.5) is 0 Å². The molecule has 0 saturated carbocycles. The summed E-state index contributed by atoms with van der Waals surface area (Å²) >= 11 is 0. The van der Waals surface area contributed by atoms with Crippen LogP contribution in [-0.2, 0) is 13.1 Å². The molecule has 2 fully saturated rings. The largest absolute Gasteiger partial charge is 0.496 e. The van der Waals surface area contributed by atoms with Gasteiger partial charge in [-0.05, 0) is 69.1 Å². The molecule has 5 nitrogen and oxygen atoms in total. The van der Waals surface area contributed by atoms with Crippen molar-refractivity contribution < 1.29 is 4.74 Å². The van der Waals surface area contributed by atoms with E-state index in [1.54, 1.807) is 7.11 Å². The number of piperidine rings is 1. The number of likely N-dealkylation sites (tertiary alicyclic amines) is 2. The lowest BCUT2D eigenvalue weighted by Gasteiger charge is -2.37. The van der Waals surface area contributed by atoms with Gasteiger partial charge in [0.1, 0.15) is 5.75 Å². The fourth-order valence-electron chi connectivity index (χ4n) is 4.46. The van der Waals surface area contributed by atoms with Crippen LogP contribution in [0.5, 0.6) is 5.75 Å². The molecule has 1 aromatic heterocycles. The summed E-state index contributed by atoms with van der Waals surface area (Å²) < 4.78 is 7.51. The molecular weight excluding hydrogens is 324 g/mol. The van der Waals surface area contributed by atoms with Gasteiger partial charge in [-0.25, -0.2) is 0 Å². The second-order valence-corrected chi connectivity index (χ2v) is 7.62. The SMILES string of the molecule is COc1ccc(CN2CCCC(N3CCCC3)C2)cc1Cn1cccn1. The predicted octanol–water partition coefficient (Wildman–Crippen LogP) is 3.00. The molecule has 1 atom stereocenters. The van der Waals surface area contributed by atoms with Gasteiger partial charge in [-0.2, -0.15) is 5.10 Å². The first kappa shape index (κ1) is 17.6. The minimum Gasteiger partial charge on any atom is -0.496 e. The Balaban J connectivity index is 1.43. The quantitative estimate of drug-likeness (QED) is 0.799. The fourth-order valence-corrected chi connectivity index (χ4v) is 4.46. The van der Waals surface area contributed by atoms with Gasteiger partial charge in [0.25, 0.3) is 0 Å². The van der Waals surface area contributed by atoms with Gasteiger partial charge in [-0.3, -0.25) is 14.5 Å². The smallest absolute Gasteiger partial charge is 0.123 e. The highest BCUT2D eigenvalue weighted by atomic mass is 16.5. The van der Waals surface area contributed by atoms with E-state index in [0.717, 1.165) is 24.9 Å². The van der Waals surface area contributed by atoms with Crippen LogP contribution in [0.25, 0.3) is 0 Å². The summed E-state index contributed by atoms with van der Waals surface area (Å²) in [5, 5.41) is 4.33. The molecule has 5 heteroatoms. The van der Waals surface area contributed by atoms with Crippen LogP contribution in [0.15, 0.2) is 36.7 Å². The Kier molecular flexibility index (Phi) is 5.56. The van der Waals surface area contributed by atoms with Crippen molar-refractivity contribution in [3.8, 4) is 5.75 Å². The molecule has 2 saturated heterocycles. The Morgan fingerprint density at radius 2 is 2.00 bits per heavy atom. The normalized spacial score (nSPS) is 22.0. The average molecular weight is 354 g/mol. The van der Waals surface area contributed by atoms with Gasteiger partial charge in [0.05, 0.1) is 13.7 Å². The van der Waals surface area contributed by atoms with Gasteiger partial charge >= 0.3 is 0 Å². The molecule has 3 heterocycles. The zero-order valence-electron chi connectivity index (χ0n) is 15.8. The highest BCUT2D eigenvalue weighted by Crippen LogP contribution is 2.24. The van der Waals surface area contributed by atoms with E-state index in [0.29, 0.717) is 0 Å². The molecule has 4 rings (SSSR count). The fraction of sp³-hybridized carbons (Fsp3) is 0.571. The third kappa shape index (κ3) is 4.10. The van der Waals surface area contributed by atoms with Crippen molar-refractivity contribution in [2.75, 3.05) is 33.3 Å². The lowest BCUT2D eigenvalue weighted by molar-refractivity contribution is 0.110. The van der Waals surface area contributed by atoms with Crippen molar-refractivity contribution in [1.82, 2.24) is 19.6 Å². The van der Waals surface area contributed by atoms with Gasteiger partial charge in [0, 0.05) is 37.1 Å². The first-order valence-electron chi connectivity index (χ1n) is 9.91. The molecule has 2 aromatic rings.